The van der Waals surface area contributed by atoms with E-state index in [2.05, 4.69) is 9.97 Å². The van der Waals surface area contributed by atoms with Gasteiger partial charge in [-0.25, -0.2) is 4.98 Å². The highest BCUT2D eigenvalue weighted by atomic mass is 19.1. The van der Waals surface area contributed by atoms with Crippen molar-refractivity contribution in [2.75, 3.05) is 20.2 Å². The summed E-state index contributed by atoms with van der Waals surface area (Å²) in [7, 11) is 1.59. The first-order valence-corrected chi connectivity index (χ1v) is 8.68. The first kappa shape index (κ1) is 18.1. The molecule has 1 aromatic carbocycles. The van der Waals surface area contributed by atoms with Crippen molar-refractivity contribution in [2.45, 2.75) is 32.3 Å². The minimum Gasteiger partial charge on any atom is -0.496 e. The fourth-order valence-corrected chi connectivity index (χ4v) is 3.05. The van der Waals surface area contributed by atoms with Crippen molar-refractivity contribution in [1.82, 2.24) is 14.9 Å². The van der Waals surface area contributed by atoms with Crippen LogP contribution in [0, 0.1) is 5.82 Å². The molecule has 0 aliphatic carbocycles. The number of carbonyl (C=O) groups excluding carboxylic acids is 1. The van der Waals surface area contributed by atoms with E-state index in [0.29, 0.717) is 37.4 Å². The maximum Gasteiger partial charge on any atom is 0.254 e. The average Bonchev–Trinajstić information content (AvgIpc) is 3.12. The van der Waals surface area contributed by atoms with Crippen LogP contribution in [-0.2, 0) is 17.6 Å². The molecule has 1 saturated heterocycles. The number of amides is 1. The van der Waals surface area contributed by atoms with Crippen molar-refractivity contribution in [3.05, 3.63) is 47.7 Å². The number of likely N-dealkylation sites (tertiary alicyclic amines) is 1. The third-order valence-electron chi connectivity index (χ3n) is 4.47. The van der Waals surface area contributed by atoms with Gasteiger partial charge in [-0.3, -0.25) is 4.79 Å². The van der Waals surface area contributed by atoms with E-state index < -0.39 is 5.82 Å². The van der Waals surface area contributed by atoms with Crippen molar-refractivity contribution in [3.63, 3.8) is 0 Å². The fraction of sp³-hybridized carbons (Fsp3) is 0.421. The van der Waals surface area contributed by atoms with Crippen LogP contribution in [0.5, 0.6) is 11.6 Å². The molecule has 1 aliphatic rings. The molecule has 0 spiro atoms. The highest BCUT2D eigenvalue weighted by molar-refractivity contribution is 5.79. The van der Waals surface area contributed by atoms with Gasteiger partial charge in [-0.2, -0.15) is 9.37 Å². The standard InChI is InChI=1S/C19H22FN3O3/c1-3-15-18(20)19(22-12-21-15)26-14-8-9-23(11-14)17(24)10-13-6-4-5-7-16(13)25-2/h4-7,12,14H,3,8-11H2,1-2H3/t14-/m0/s1. The molecule has 1 fully saturated rings. The number of benzene rings is 1. The lowest BCUT2D eigenvalue weighted by atomic mass is 10.1. The smallest absolute Gasteiger partial charge is 0.254 e. The zero-order chi connectivity index (χ0) is 18.5. The summed E-state index contributed by atoms with van der Waals surface area (Å²) in [5.74, 6) is 0.135. The van der Waals surface area contributed by atoms with Crippen LogP contribution in [0.25, 0.3) is 0 Å². The van der Waals surface area contributed by atoms with E-state index in [0.717, 1.165) is 5.56 Å². The Balaban J connectivity index is 1.61. The van der Waals surface area contributed by atoms with Gasteiger partial charge in [-0.05, 0) is 12.5 Å². The number of hydrogen-bond acceptors (Lipinski definition) is 5. The molecule has 3 rings (SSSR count). The Morgan fingerprint density at radius 1 is 1.35 bits per heavy atom. The zero-order valence-corrected chi connectivity index (χ0v) is 14.9. The highest BCUT2D eigenvalue weighted by Crippen LogP contribution is 2.23. The average molecular weight is 359 g/mol. The molecule has 0 N–H and O–H groups in total. The van der Waals surface area contributed by atoms with E-state index in [1.165, 1.54) is 6.33 Å². The second-order valence-corrected chi connectivity index (χ2v) is 6.15. The SMILES string of the molecule is CCc1ncnc(O[C@H]2CCN(C(=O)Cc3ccccc3OC)C2)c1F. The van der Waals surface area contributed by atoms with Gasteiger partial charge in [0.05, 0.1) is 25.8 Å². The van der Waals surface area contributed by atoms with Gasteiger partial charge in [0, 0.05) is 18.5 Å². The molecule has 2 aromatic rings. The number of halogens is 1. The van der Waals surface area contributed by atoms with Crippen molar-refractivity contribution < 1.29 is 18.7 Å². The zero-order valence-electron chi connectivity index (χ0n) is 14.9. The van der Waals surface area contributed by atoms with Gasteiger partial charge in [-0.15, -0.1) is 0 Å². The highest BCUT2D eigenvalue weighted by Gasteiger charge is 2.29. The lowest BCUT2D eigenvalue weighted by molar-refractivity contribution is -0.129. The Morgan fingerprint density at radius 2 is 2.15 bits per heavy atom. The Kier molecular flexibility index (Phi) is 5.65. The molecule has 2 heterocycles. The van der Waals surface area contributed by atoms with E-state index in [-0.39, 0.29) is 24.3 Å². The van der Waals surface area contributed by atoms with E-state index in [9.17, 15) is 9.18 Å². The molecule has 6 nitrogen and oxygen atoms in total. The minimum atomic E-state index is -0.520. The van der Waals surface area contributed by atoms with Gasteiger partial charge in [-0.1, -0.05) is 25.1 Å². The number of carbonyl (C=O) groups is 1. The van der Waals surface area contributed by atoms with Crippen molar-refractivity contribution in [3.8, 4) is 11.6 Å². The number of methoxy groups -OCH3 is 1. The molecule has 0 radical (unpaired) electrons. The minimum absolute atomic E-state index is 0.00185. The van der Waals surface area contributed by atoms with Crippen molar-refractivity contribution in [2.24, 2.45) is 0 Å². The van der Waals surface area contributed by atoms with Crippen LogP contribution in [0.3, 0.4) is 0 Å². The number of para-hydroxylation sites is 1. The van der Waals surface area contributed by atoms with Crippen molar-refractivity contribution in [1.29, 1.82) is 0 Å². The van der Waals surface area contributed by atoms with E-state index in [1.807, 2.05) is 31.2 Å². The molecule has 1 aromatic heterocycles. The van der Waals surface area contributed by atoms with Crippen LogP contribution < -0.4 is 9.47 Å². The van der Waals surface area contributed by atoms with Crippen molar-refractivity contribution >= 4 is 5.91 Å². The van der Waals surface area contributed by atoms with Crippen LogP contribution in [0.2, 0.25) is 0 Å². The second-order valence-electron chi connectivity index (χ2n) is 6.15. The predicted octanol–water partition coefficient (Wildman–Crippen LogP) is 2.41. The summed E-state index contributed by atoms with van der Waals surface area (Å²) in [5, 5.41) is 0. The largest absolute Gasteiger partial charge is 0.496 e. The Labute approximate surface area is 152 Å². The molecule has 138 valence electrons. The number of nitrogens with zero attached hydrogens (tertiary/aromatic N) is 3. The molecule has 0 bridgehead atoms. The fourth-order valence-electron chi connectivity index (χ4n) is 3.05. The molecule has 7 heteroatoms. The van der Waals surface area contributed by atoms with Crippen LogP contribution in [0.4, 0.5) is 4.39 Å². The Hall–Kier alpha value is -2.70. The first-order valence-electron chi connectivity index (χ1n) is 8.68. The van der Waals surface area contributed by atoms with Gasteiger partial charge in [0.2, 0.25) is 11.7 Å². The van der Waals surface area contributed by atoms with Gasteiger partial charge < -0.3 is 14.4 Å². The number of hydrogen-bond donors (Lipinski definition) is 0. The molecule has 0 saturated carbocycles. The number of ether oxygens (including phenoxy) is 2. The summed E-state index contributed by atoms with van der Waals surface area (Å²) in [5.41, 5.74) is 1.18. The molecule has 1 atom stereocenters. The van der Waals surface area contributed by atoms with Crippen LogP contribution in [0.1, 0.15) is 24.6 Å². The monoisotopic (exact) mass is 359 g/mol. The number of aromatic nitrogens is 2. The summed E-state index contributed by atoms with van der Waals surface area (Å²) in [4.78, 5) is 22.1. The lowest BCUT2D eigenvalue weighted by Crippen LogP contribution is -2.32. The summed E-state index contributed by atoms with van der Waals surface area (Å²) >= 11 is 0. The topological polar surface area (TPSA) is 64.6 Å². The predicted molar refractivity (Wildman–Crippen MR) is 93.7 cm³/mol. The molecular weight excluding hydrogens is 337 g/mol. The summed E-state index contributed by atoms with van der Waals surface area (Å²) < 4.78 is 25.2. The number of aryl methyl sites for hydroxylation is 1. The van der Waals surface area contributed by atoms with Crippen LogP contribution in [0.15, 0.2) is 30.6 Å². The lowest BCUT2D eigenvalue weighted by Gasteiger charge is -2.18. The third-order valence-corrected chi connectivity index (χ3v) is 4.47. The molecule has 1 aliphatic heterocycles. The quantitative estimate of drug-likeness (QED) is 0.792. The molecule has 1 amide bonds. The Bertz CT molecular complexity index is 784. The van der Waals surface area contributed by atoms with Crippen LogP contribution in [-0.4, -0.2) is 47.1 Å². The molecule has 26 heavy (non-hydrogen) atoms. The van der Waals surface area contributed by atoms with Gasteiger partial charge in [0.15, 0.2) is 0 Å². The maximum absolute atomic E-state index is 14.2. The third kappa shape index (κ3) is 3.92. The van der Waals surface area contributed by atoms with Crippen LogP contribution >= 0.6 is 0 Å². The Morgan fingerprint density at radius 3 is 2.92 bits per heavy atom. The van der Waals surface area contributed by atoms with E-state index >= 15 is 0 Å². The first-order chi connectivity index (χ1) is 12.6. The van der Waals surface area contributed by atoms with Gasteiger partial charge >= 0.3 is 0 Å². The van der Waals surface area contributed by atoms with Gasteiger partial charge in [0.1, 0.15) is 18.2 Å². The maximum atomic E-state index is 14.2. The second kappa shape index (κ2) is 8.12. The molecular formula is C19H22FN3O3. The summed E-state index contributed by atoms with van der Waals surface area (Å²) in [6.07, 6.45) is 2.40. The normalized spacial score (nSPS) is 16.6. The van der Waals surface area contributed by atoms with E-state index in [4.69, 9.17) is 9.47 Å². The number of rotatable bonds is 6. The van der Waals surface area contributed by atoms with Gasteiger partial charge in [0.25, 0.3) is 5.88 Å². The summed E-state index contributed by atoms with van der Waals surface area (Å²) in [6.45, 7) is 2.81. The van der Waals surface area contributed by atoms with E-state index in [1.54, 1.807) is 12.0 Å². The summed E-state index contributed by atoms with van der Waals surface area (Å²) in [6, 6.07) is 7.46. The molecule has 0 unspecified atom stereocenters.